The fourth-order valence-corrected chi connectivity index (χ4v) is 3.67. The Kier molecular flexibility index (Phi) is 4.31. The van der Waals surface area contributed by atoms with E-state index in [0.29, 0.717) is 0 Å². The van der Waals surface area contributed by atoms with Crippen molar-refractivity contribution in [3.63, 3.8) is 0 Å². The Morgan fingerprint density at radius 1 is 1.33 bits per heavy atom. The predicted molar refractivity (Wildman–Crippen MR) is 86.2 cm³/mol. The summed E-state index contributed by atoms with van der Waals surface area (Å²) < 4.78 is 0. The zero-order valence-electron chi connectivity index (χ0n) is 12.1. The number of thiazole rings is 1. The number of likely N-dealkylation sites (N-methyl/N-ethyl adjacent to an activating group) is 1. The molecule has 0 bridgehead atoms. The Labute approximate surface area is 128 Å². The second kappa shape index (κ2) is 6.37. The van der Waals surface area contributed by atoms with E-state index >= 15 is 0 Å². The molecule has 0 saturated heterocycles. The molecule has 0 spiro atoms. The van der Waals surface area contributed by atoms with Crippen LogP contribution in [0.2, 0.25) is 0 Å². The van der Waals surface area contributed by atoms with E-state index in [4.69, 9.17) is 0 Å². The molecule has 1 amide bonds. The number of carbonyl (C=O) groups is 1. The molecule has 0 saturated carbocycles. The average molecular weight is 301 g/mol. The summed E-state index contributed by atoms with van der Waals surface area (Å²) in [4.78, 5) is 18.3. The van der Waals surface area contributed by atoms with Gasteiger partial charge in [-0.25, -0.2) is 4.98 Å². The molecule has 1 aromatic heterocycles. The van der Waals surface area contributed by atoms with Gasteiger partial charge in [-0.15, -0.1) is 11.3 Å². The third-order valence-corrected chi connectivity index (χ3v) is 4.80. The first-order chi connectivity index (χ1) is 10.3. The van der Waals surface area contributed by atoms with Crippen LogP contribution >= 0.6 is 11.3 Å². The summed E-state index contributed by atoms with van der Waals surface area (Å²) in [6.07, 6.45) is 4.17. The van der Waals surface area contributed by atoms with Gasteiger partial charge < -0.3 is 5.32 Å². The van der Waals surface area contributed by atoms with Crippen LogP contribution < -0.4 is 10.6 Å². The van der Waals surface area contributed by atoms with Crippen LogP contribution in [0.25, 0.3) is 0 Å². The topological polar surface area (TPSA) is 54.0 Å². The molecular weight excluding hydrogens is 282 g/mol. The molecule has 0 aliphatic heterocycles. The maximum Gasteiger partial charge on any atom is 0.257 e. The van der Waals surface area contributed by atoms with Crippen molar-refractivity contribution in [1.82, 2.24) is 10.3 Å². The zero-order chi connectivity index (χ0) is 14.7. The summed E-state index contributed by atoms with van der Waals surface area (Å²) in [5, 5.41) is 6.80. The Hall–Kier alpha value is -1.72. The number of rotatable bonds is 5. The van der Waals surface area contributed by atoms with Gasteiger partial charge in [-0.05, 0) is 50.9 Å². The minimum Gasteiger partial charge on any atom is -0.319 e. The fourth-order valence-electron chi connectivity index (χ4n) is 2.63. The minimum atomic E-state index is -0.0610. The number of fused-ring (bicyclic) bond motifs is 1. The first-order valence-electron chi connectivity index (χ1n) is 7.30. The van der Waals surface area contributed by atoms with E-state index in [2.05, 4.69) is 15.6 Å². The molecule has 1 aliphatic carbocycles. The second-order valence-electron chi connectivity index (χ2n) is 5.21. The summed E-state index contributed by atoms with van der Waals surface area (Å²) in [5.41, 5.74) is 2.97. The summed E-state index contributed by atoms with van der Waals surface area (Å²) in [6.45, 7) is 0.857. The molecule has 1 heterocycles. The van der Waals surface area contributed by atoms with Gasteiger partial charge in [-0.1, -0.05) is 18.2 Å². The smallest absolute Gasteiger partial charge is 0.257 e. The van der Waals surface area contributed by atoms with Crippen molar-refractivity contribution in [1.29, 1.82) is 0 Å². The first-order valence-corrected chi connectivity index (χ1v) is 8.12. The molecule has 110 valence electrons. The molecule has 1 aliphatic rings. The number of carbonyl (C=O) groups excluding carboxylic acids is 1. The maximum absolute atomic E-state index is 12.5. The molecule has 3 rings (SSSR count). The van der Waals surface area contributed by atoms with Crippen LogP contribution in [-0.2, 0) is 19.3 Å². The maximum atomic E-state index is 12.5. The monoisotopic (exact) mass is 301 g/mol. The summed E-state index contributed by atoms with van der Waals surface area (Å²) in [6, 6.07) is 7.76. The zero-order valence-corrected chi connectivity index (χ0v) is 12.9. The molecule has 0 fully saturated rings. The van der Waals surface area contributed by atoms with Crippen molar-refractivity contribution in [2.45, 2.75) is 25.7 Å². The third-order valence-electron chi connectivity index (χ3n) is 3.72. The Balaban J connectivity index is 1.75. The van der Waals surface area contributed by atoms with Crippen LogP contribution in [-0.4, -0.2) is 24.5 Å². The van der Waals surface area contributed by atoms with Gasteiger partial charge >= 0.3 is 0 Å². The summed E-state index contributed by atoms with van der Waals surface area (Å²) in [5.74, 6) is -0.0610. The molecule has 21 heavy (non-hydrogen) atoms. The highest BCUT2D eigenvalue weighted by atomic mass is 32.1. The van der Waals surface area contributed by atoms with E-state index in [0.717, 1.165) is 42.1 Å². The molecule has 1 aromatic carbocycles. The summed E-state index contributed by atoms with van der Waals surface area (Å²) in [7, 11) is 1.92. The average Bonchev–Trinajstić information content (AvgIpc) is 3.06. The van der Waals surface area contributed by atoms with Crippen LogP contribution in [0.1, 0.15) is 32.9 Å². The number of nitrogens with one attached hydrogen (secondary N) is 2. The largest absolute Gasteiger partial charge is 0.319 e. The molecule has 5 heteroatoms. The normalized spacial score (nSPS) is 13.2. The number of aryl methyl sites for hydroxylation is 2. The van der Waals surface area contributed by atoms with Gasteiger partial charge in [0.05, 0.1) is 5.69 Å². The highest BCUT2D eigenvalue weighted by Crippen LogP contribution is 2.30. The molecule has 0 radical (unpaired) electrons. The van der Waals surface area contributed by atoms with Crippen LogP contribution in [0.4, 0.5) is 5.13 Å². The first kappa shape index (κ1) is 14.2. The number of nitrogens with zero attached hydrogens (tertiary/aromatic N) is 1. The van der Waals surface area contributed by atoms with E-state index in [-0.39, 0.29) is 5.91 Å². The molecule has 4 nitrogen and oxygen atoms in total. The number of benzene rings is 1. The van der Waals surface area contributed by atoms with Crippen LogP contribution in [0.3, 0.4) is 0 Å². The summed E-state index contributed by atoms with van der Waals surface area (Å²) >= 11 is 1.61. The highest BCUT2D eigenvalue weighted by molar-refractivity contribution is 7.16. The molecule has 0 unspecified atom stereocenters. The lowest BCUT2D eigenvalue weighted by Crippen LogP contribution is -2.17. The van der Waals surface area contributed by atoms with E-state index in [9.17, 15) is 4.79 Å². The number of hydrogen-bond acceptors (Lipinski definition) is 4. The number of amides is 1. The minimum absolute atomic E-state index is 0.0610. The lowest BCUT2D eigenvalue weighted by Gasteiger charge is -2.08. The van der Waals surface area contributed by atoms with Gasteiger partial charge in [0.1, 0.15) is 0 Å². The molecule has 2 aromatic rings. The number of anilines is 1. The van der Waals surface area contributed by atoms with Crippen LogP contribution in [0.15, 0.2) is 24.3 Å². The molecule has 2 N–H and O–H groups in total. The number of hydrogen-bond donors (Lipinski definition) is 2. The molecule has 0 atom stereocenters. The Bertz CT molecular complexity index is 629. The quantitative estimate of drug-likeness (QED) is 0.892. The van der Waals surface area contributed by atoms with Gasteiger partial charge in [-0.3, -0.25) is 10.1 Å². The van der Waals surface area contributed by atoms with Crippen LogP contribution in [0, 0.1) is 0 Å². The SMILES string of the molecule is CNCCc1ccccc1C(=O)Nc1nc2c(s1)CCC2. The number of aromatic nitrogens is 1. The van der Waals surface area contributed by atoms with Gasteiger partial charge in [0.25, 0.3) is 5.91 Å². The van der Waals surface area contributed by atoms with Crippen molar-refractivity contribution in [2.75, 3.05) is 18.9 Å². The lowest BCUT2D eigenvalue weighted by atomic mass is 10.0. The van der Waals surface area contributed by atoms with Gasteiger partial charge in [-0.2, -0.15) is 0 Å². The predicted octanol–water partition coefficient (Wildman–Crippen LogP) is 2.65. The second-order valence-corrected chi connectivity index (χ2v) is 6.29. The van der Waals surface area contributed by atoms with Gasteiger partial charge in [0.2, 0.25) is 0 Å². The van der Waals surface area contributed by atoms with E-state index in [1.165, 1.54) is 17.0 Å². The standard InChI is InChI=1S/C16H19N3OS/c1-17-10-9-11-5-2-3-6-12(11)15(20)19-16-18-13-7-4-8-14(13)21-16/h2-3,5-6,17H,4,7-10H2,1H3,(H,18,19,20). The lowest BCUT2D eigenvalue weighted by molar-refractivity contribution is 0.102. The fraction of sp³-hybridized carbons (Fsp3) is 0.375. The van der Waals surface area contributed by atoms with Crippen molar-refractivity contribution in [2.24, 2.45) is 0 Å². The van der Waals surface area contributed by atoms with E-state index in [1.54, 1.807) is 11.3 Å². The van der Waals surface area contributed by atoms with Crippen LogP contribution in [0.5, 0.6) is 0 Å². The van der Waals surface area contributed by atoms with Crippen molar-refractivity contribution in [3.8, 4) is 0 Å². The van der Waals surface area contributed by atoms with Crippen molar-refractivity contribution < 1.29 is 4.79 Å². The van der Waals surface area contributed by atoms with Gasteiger partial charge in [0, 0.05) is 10.4 Å². The highest BCUT2D eigenvalue weighted by Gasteiger charge is 2.18. The van der Waals surface area contributed by atoms with E-state index < -0.39 is 0 Å². The Morgan fingerprint density at radius 3 is 3.00 bits per heavy atom. The Morgan fingerprint density at radius 2 is 2.19 bits per heavy atom. The third kappa shape index (κ3) is 3.14. The van der Waals surface area contributed by atoms with Gasteiger partial charge in [0.15, 0.2) is 5.13 Å². The van der Waals surface area contributed by atoms with Crippen molar-refractivity contribution >= 4 is 22.4 Å². The van der Waals surface area contributed by atoms with Crippen molar-refractivity contribution in [3.05, 3.63) is 46.0 Å². The van der Waals surface area contributed by atoms with E-state index in [1.807, 2.05) is 31.3 Å². The molecular formula is C16H19N3OS.